The highest BCUT2D eigenvalue weighted by atomic mass is 16.5. The summed E-state index contributed by atoms with van der Waals surface area (Å²) in [6.07, 6.45) is 0.479. The van der Waals surface area contributed by atoms with Crippen molar-refractivity contribution in [3.8, 4) is 28.4 Å². The number of carboxylic acid groups (broad SMARTS) is 1. The number of aliphatic carboxylic acids is 1. The van der Waals surface area contributed by atoms with Gasteiger partial charge in [0.2, 0.25) is 0 Å². The molecule has 5 nitrogen and oxygen atoms in total. The van der Waals surface area contributed by atoms with Crippen molar-refractivity contribution in [2.75, 3.05) is 7.11 Å². The predicted molar refractivity (Wildman–Crippen MR) is 105 cm³/mol. The van der Waals surface area contributed by atoms with Crippen molar-refractivity contribution in [1.82, 2.24) is 4.57 Å². The number of aromatic hydroxyl groups is 1. The smallest absolute Gasteiger partial charge is 0.303 e. The van der Waals surface area contributed by atoms with Crippen LogP contribution in [0.3, 0.4) is 0 Å². The molecule has 0 saturated carbocycles. The van der Waals surface area contributed by atoms with Crippen molar-refractivity contribution in [1.29, 1.82) is 0 Å². The molecule has 0 amide bonds. The van der Waals surface area contributed by atoms with Crippen molar-refractivity contribution >= 4 is 5.97 Å². The average molecular weight is 365 g/mol. The first kappa shape index (κ1) is 18.6. The number of methoxy groups -OCH3 is 1. The van der Waals surface area contributed by atoms with E-state index in [1.807, 2.05) is 56.3 Å². The molecule has 0 aliphatic carbocycles. The molecular formula is C22H23NO4. The van der Waals surface area contributed by atoms with Crippen LogP contribution in [0.1, 0.15) is 23.2 Å². The second-order valence-electron chi connectivity index (χ2n) is 6.59. The molecule has 0 saturated heterocycles. The highest BCUT2D eigenvalue weighted by Gasteiger charge is 2.16. The van der Waals surface area contributed by atoms with Gasteiger partial charge in [0.1, 0.15) is 11.5 Å². The quantitative estimate of drug-likeness (QED) is 0.675. The van der Waals surface area contributed by atoms with Gasteiger partial charge in [-0.2, -0.15) is 0 Å². The number of hydrogen-bond donors (Lipinski definition) is 2. The lowest BCUT2D eigenvalue weighted by molar-refractivity contribution is -0.136. The third-order valence-corrected chi connectivity index (χ3v) is 4.70. The van der Waals surface area contributed by atoms with Crippen LogP contribution in [0.4, 0.5) is 0 Å². The van der Waals surface area contributed by atoms with Crippen LogP contribution in [0.25, 0.3) is 16.9 Å². The molecule has 0 radical (unpaired) electrons. The van der Waals surface area contributed by atoms with Gasteiger partial charge in [0.25, 0.3) is 0 Å². The maximum Gasteiger partial charge on any atom is 0.303 e. The Morgan fingerprint density at radius 1 is 1.04 bits per heavy atom. The molecule has 0 bridgehead atoms. The van der Waals surface area contributed by atoms with E-state index in [1.165, 1.54) is 0 Å². The first-order valence-corrected chi connectivity index (χ1v) is 8.78. The zero-order valence-electron chi connectivity index (χ0n) is 15.7. The summed E-state index contributed by atoms with van der Waals surface area (Å²) in [6.45, 7) is 3.79. The number of aromatic nitrogens is 1. The Balaban J connectivity index is 2.17. The van der Waals surface area contributed by atoms with Crippen LogP contribution in [0.15, 0.2) is 48.5 Å². The van der Waals surface area contributed by atoms with E-state index in [-0.39, 0.29) is 12.2 Å². The maximum absolute atomic E-state index is 11.1. The number of rotatable bonds is 6. The van der Waals surface area contributed by atoms with Crippen LogP contribution in [0.5, 0.6) is 11.5 Å². The number of phenols is 1. The second kappa shape index (κ2) is 7.58. The van der Waals surface area contributed by atoms with Crippen LogP contribution in [0.2, 0.25) is 0 Å². The molecule has 27 heavy (non-hydrogen) atoms. The lowest BCUT2D eigenvalue weighted by Crippen LogP contribution is -2.07. The third kappa shape index (κ3) is 3.82. The molecule has 2 N–H and O–H groups in total. The van der Waals surface area contributed by atoms with Gasteiger partial charge in [0.15, 0.2) is 0 Å². The van der Waals surface area contributed by atoms with Crippen molar-refractivity contribution in [3.05, 3.63) is 65.4 Å². The number of ether oxygens (including phenoxy) is 1. The molecule has 1 aromatic heterocycles. The van der Waals surface area contributed by atoms with Crippen LogP contribution in [0, 0.1) is 13.8 Å². The van der Waals surface area contributed by atoms with E-state index in [0.29, 0.717) is 6.42 Å². The summed E-state index contributed by atoms with van der Waals surface area (Å²) in [4.78, 5) is 11.1. The number of nitrogens with zero attached hydrogens (tertiary/aromatic N) is 1. The lowest BCUT2D eigenvalue weighted by atomic mass is 10.1. The topological polar surface area (TPSA) is 71.7 Å². The molecule has 140 valence electrons. The summed E-state index contributed by atoms with van der Waals surface area (Å²) >= 11 is 0. The van der Waals surface area contributed by atoms with Crippen molar-refractivity contribution < 1.29 is 19.7 Å². The minimum atomic E-state index is -0.827. The summed E-state index contributed by atoms with van der Waals surface area (Å²) in [5.74, 6) is 0.202. The van der Waals surface area contributed by atoms with Crippen LogP contribution in [-0.4, -0.2) is 27.9 Å². The predicted octanol–water partition coefficient (Wildman–Crippen LogP) is 4.49. The molecule has 3 rings (SSSR count). The highest BCUT2D eigenvalue weighted by Crippen LogP contribution is 2.32. The summed E-state index contributed by atoms with van der Waals surface area (Å²) in [5.41, 5.74) is 5.50. The van der Waals surface area contributed by atoms with Gasteiger partial charge in [0.05, 0.1) is 19.2 Å². The Morgan fingerprint density at radius 2 is 1.74 bits per heavy atom. The van der Waals surface area contributed by atoms with Gasteiger partial charge in [-0.25, -0.2) is 0 Å². The van der Waals surface area contributed by atoms with Gasteiger partial charge in [-0.1, -0.05) is 0 Å². The van der Waals surface area contributed by atoms with Gasteiger partial charge in [-0.3, -0.25) is 4.79 Å². The molecule has 5 heteroatoms. The van der Waals surface area contributed by atoms with Crippen molar-refractivity contribution in [2.45, 2.75) is 26.7 Å². The monoisotopic (exact) mass is 365 g/mol. The SMILES string of the molecule is COc1ccc(-c2ccc(CCC(=O)O)n2-c2cc(C)c(O)cc2C)cc1. The Morgan fingerprint density at radius 3 is 2.37 bits per heavy atom. The summed E-state index contributed by atoms with van der Waals surface area (Å²) < 4.78 is 7.31. The van der Waals surface area contributed by atoms with Gasteiger partial charge >= 0.3 is 5.97 Å². The van der Waals surface area contributed by atoms with E-state index in [0.717, 1.165) is 39.5 Å². The molecule has 0 fully saturated rings. The Hall–Kier alpha value is -3.21. The van der Waals surface area contributed by atoms with Crippen LogP contribution in [-0.2, 0) is 11.2 Å². The van der Waals surface area contributed by atoms with E-state index in [2.05, 4.69) is 4.57 Å². The van der Waals surface area contributed by atoms with Gasteiger partial charge < -0.3 is 19.5 Å². The van der Waals surface area contributed by atoms with E-state index in [4.69, 9.17) is 9.84 Å². The fourth-order valence-electron chi connectivity index (χ4n) is 3.21. The fraction of sp³-hybridized carbons (Fsp3) is 0.227. The number of carboxylic acids is 1. The van der Waals surface area contributed by atoms with E-state index >= 15 is 0 Å². The van der Waals surface area contributed by atoms with E-state index < -0.39 is 5.97 Å². The minimum Gasteiger partial charge on any atom is -0.508 e. The van der Waals surface area contributed by atoms with Crippen molar-refractivity contribution in [2.24, 2.45) is 0 Å². The average Bonchev–Trinajstić information content (AvgIpc) is 3.06. The largest absolute Gasteiger partial charge is 0.508 e. The molecule has 3 aromatic rings. The Bertz CT molecular complexity index is 971. The fourth-order valence-corrected chi connectivity index (χ4v) is 3.21. The molecule has 1 heterocycles. The van der Waals surface area contributed by atoms with E-state index in [1.54, 1.807) is 13.2 Å². The Labute approximate surface area is 158 Å². The zero-order chi connectivity index (χ0) is 19.6. The standard InChI is InChI=1S/C22H23NO4/c1-14-13-21(24)15(2)12-20(14)23-17(7-11-22(25)26)6-10-19(23)16-4-8-18(27-3)9-5-16/h4-6,8-10,12-13,24H,7,11H2,1-3H3,(H,25,26). The lowest BCUT2D eigenvalue weighted by Gasteiger charge is -2.17. The number of hydrogen-bond acceptors (Lipinski definition) is 3. The Kier molecular flexibility index (Phi) is 5.21. The number of phenolic OH excluding ortho intramolecular Hbond substituents is 1. The van der Waals surface area contributed by atoms with Crippen LogP contribution < -0.4 is 4.74 Å². The first-order valence-electron chi connectivity index (χ1n) is 8.78. The summed E-state index contributed by atoms with van der Waals surface area (Å²) in [7, 11) is 1.63. The van der Waals surface area contributed by atoms with Gasteiger partial charge in [0, 0.05) is 11.4 Å². The van der Waals surface area contributed by atoms with Crippen LogP contribution >= 0.6 is 0 Å². The summed E-state index contributed by atoms with van der Waals surface area (Å²) in [5, 5.41) is 19.1. The molecule has 2 aromatic carbocycles. The number of carbonyl (C=O) groups is 1. The first-order chi connectivity index (χ1) is 12.9. The molecule has 0 spiro atoms. The minimum absolute atomic E-state index is 0.0577. The zero-order valence-corrected chi connectivity index (χ0v) is 15.7. The second-order valence-corrected chi connectivity index (χ2v) is 6.59. The molecular weight excluding hydrogens is 342 g/mol. The van der Waals surface area contributed by atoms with Gasteiger partial charge in [-0.15, -0.1) is 0 Å². The normalized spacial score (nSPS) is 10.8. The van der Waals surface area contributed by atoms with Crippen molar-refractivity contribution in [3.63, 3.8) is 0 Å². The summed E-state index contributed by atoms with van der Waals surface area (Å²) in [6, 6.07) is 15.4. The molecule has 0 aliphatic heterocycles. The molecule has 0 unspecified atom stereocenters. The third-order valence-electron chi connectivity index (χ3n) is 4.70. The van der Waals surface area contributed by atoms with Gasteiger partial charge in [-0.05, 0) is 85.5 Å². The maximum atomic E-state index is 11.1. The number of benzene rings is 2. The highest BCUT2D eigenvalue weighted by molar-refractivity contribution is 5.69. The molecule has 0 atom stereocenters. The number of aryl methyl sites for hydroxylation is 3. The van der Waals surface area contributed by atoms with E-state index in [9.17, 15) is 9.90 Å². The molecule has 0 aliphatic rings.